The Balaban J connectivity index is 1.30. The van der Waals surface area contributed by atoms with Crippen molar-refractivity contribution in [2.24, 2.45) is 4.99 Å². The summed E-state index contributed by atoms with van der Waals surface area (Å²) in [4.78, 5) is 10.8. The van der Waals surface area contributed by atoms with Crippen molar-refractivity contribution in [2.45, 2.75) is 19.6 Å². The van der Waals surface area contributed by atoms with E-state index in [4.69, 9.17) is 4.74 Å². The summed E-state index contributed by atoms with van der Waals surface area (Å²) in [6.45, 7) is 5.97. The van der Waals surface area contributed by atoms with E-state index in [1.807, 2.05) is 12.1 Å². The zero-order valence-corrected chi connectivity index (χ0v) is 17.9. The Morgan fingerprint density at radius 3 is 2.45 bits per heavy atom. The third kappa shape index (κ3) is 5.90. The molecular weight excluding hydrogens is 390 g/mol. The third-order valence-corrected chi connectivity index (χ3v) is 5.37. The van der Waals surface area contributed by atoms with Crippen molar-refractivity contribution >= 4 is 5.96 Å². The van der Waals surface area contributed by atoms with Crippen molar-refractivity contribution < 1.29 is 4.74 Å². The molecule has 0 spiro atoms. The summed E-state index contributed by atoms with van der Waals surface area (Å²) in [5, 5.41) is 11.0. The van der Waals surface area contributed by atoms with Crippen LogP contribution in [0.1, 0.15) is 16.7 Å². The van der Waals surface area contributed by atoms with Crippen molar-refractivity contribution in [3.05, 3.63) is 77.9 Å². The Labute approximate surface area is 183 Å². The number of aromatic nitrogens is 3. The van der Waals surface area contributed by atoms with E-state index in [1.165, 1.54) is 23.0 Å². The molecule has 0 saturated carbocycles. The molecule has 0 aliphatic carbocycles. The van der Waals surface area contributed by atoms with E-state index in [9.17, 15) is 0 Å². The first-order chi connectivity index (χ1) is 15.3. The van der Waals surface area contributed by atoms with Gasteiger partial charge in [0.1, 0.15) is 12.7 Å². The lowest BCUT2D eigenvalue weighted by Crippen LogP contribution is -2.37. The maximum absolute atomic E-state index is 5.46. The lowest BCUT2D eigenvalue weighted by atomic mass is 10.1. The molecule has 1 saturated heterocycles. The summed E-state index contributed by atoms with van der Waals surface area (Å²) in [6, 6.07) is 16.8. The van der Waals surface area contributed by atoms with E-state index in [-0.39, 0.29) is 0 Å². The molecule has 162 valence electrons. The highest BCUT2D eigenvalue weighted by Gasteiger charge is 2.12. The molecule has 4 rings (SSSR count). The van der Waals surface area contributed by atoms with E-state index in [1.54, 1.807) is 18.1 Å². The van der Waals surface area contributed by atoms with Crippen molar-refractivity contribution in [1.82, 2.24) is 30.3 Å². The topological polar surface area (TPSA) is 79.6 Å². The second kappa shape index (κ2) is 10.7. The maximum atomic E-state index is 5.46. The Kier molecular flexibility index (Phi) is 7.25. The van der Waals surface area contributed by atoms with Crippen LogP contribution in [-0.2, 0) is 24.4 Å². The van der Waals surface area contributed by atoms with Crippen LogP contribution < -0.4 is 10.6 Å². The van der Waals surface area contributed by atoms with Crippen molar-refractivity contribution in [1.29, 1.82) is 0 Å². The molecule has 2 heterocycles. The van der Waals surface area contributed by atoms with Gasteiger partial charge in [-0.3, -0.25) is 9.89 Å². The molecule has 0 atom stereocenters. The van der Waals surface area contributed by atoms with E-state index < -0.39 is 0 Å². The number of nitrogens with one attached hydrogen (secondary N) is 2. The number of nitrogens with zero attached hydrogens (tertiary/aromatic N) is 5. The minimum absolute atomic E-state index is 0.687. The molecule has 0 unspecified atom stereocenters. The molecular formula is C23H29N7O. The summed E-state index contributed by atoms with van der Waals surface area (Å²) in [5.41, 5.74) is 4.78. The zero-order valence-electron chi connectivity index (χ0n) is 17.9. The number of hydrogen-bond acceptors (Lipinski definition) is 5. The third-order valence-electron chi connectivity index (χ3n) is 5.37. The lowest BCUT2D eigenvalue weighted by molar-refractivity contribution is 0.0341. The molecule has 8 nitrogen and oxygen atoms in total. The first-order valence-electron chi connectivity index (χ1n) is 10.6. The van der Waals surface area contributed by atoms with E-state index >= 15 is 0 Å². The van der Waals surface area contributed by atoms with Gasteiger partial charge >= 0.3 is 0 Å². The van der Waals surface area contributed by atoms with Gasteiger partial charge < -0.3 is 15.4 Å². The van der Waals surface area contributed by atoms with Crippen LogP contribution in [0.25, 0.3) is 5.69 Å². The minimum atomic E-state index is 0.687. The molecule has 2 N–H and O–H groups in total. The first-order valence-corrected chi connectivity index (χ1v) is 10.6. The van der Waals surface area contributed by atoms with Gasteiger partial charge in [0.2, 0.25) is 0 Å². The fourth-order valence-electron chi connectivity index (χ4n) is 3.58. The number of hydrogen-bond donors (Lipinski definition) is 2. The summed E-state index contributed by atoms with van der Waals surface area (Å²) in [5.74, 6) is 0.779. The van der Waals surface area contributed by atoms with E-state index in [0.29, 0.717) is 6.54 Å². The van der Waals surface area contributed by atoms with Crippen molar-refractivity contribution in [3.8, 4) is 5.69 Å². The zero-order chi connectivity index (χ0) is 21.3. The van der Waals surface area contributed by atoms with Crippen LogP contribution in [0.2, 0.25) is 0 Å². The fourth-order valence-corrected chi connectivity index (χ4v) is 3.58. The summed E-state index contributed by atoms with van der Waals surface area (Å²) in [6.07, 6.45) is 3.22. The Hall–Kier alpha value is -3.23. The average molecular weight is 420 g/mol. The maximum Gasteiger partial charge on any atom is 0.191 e. The van der Waals surface area contributed by atoms with Crippen molar-refractivity contribution in [2.75, 3.05) is 33.4 Å². The van der Waals surface area contributed by atoms with Crippen LogP contribution in [0.3, 0.4) is 0 Å². The van der Waals surface area contributed by atoms with E-state index in [2.05, 4.69) is 67.0 Å². The van der Waals surface area contributed by atoms with Crippen LogP contribution in [0.5, 0.6) is 0 Å². The average Bonchev–Trinajstić information content (AvgIpc) is 3.36. The number of ether oxygens (including phenoxy) is 1. The monoisotopic (exact) mass is 419 g/mol. The Morgan fingerprint density at radius 1 is 1.00 bits per heavy atom. The number of aliphatic imine (C=N–C) groups is 1. The number of benzene rings is 2. The SMILES string of the molecule is CN=C(NCc1ccc(-n2cncn2)cc1)NCc1ccccc1CN1CCOCC1. The number of morpholine rings is 1. The molecule has 0 radical (unpaired) electrons. The van der Waals surface area contributed by atoms with Crippen LogP contribution in [0.4, 0.5) is 0 Å². The van der Waals surface area contributed by atoms with Crippen molar-refractivity contribution in [3.63, 3.8) is 0 Å². The van der Waals surface area contributed by atoms with Gasteiger partial charge in [-0.15, -0.1) is 0 Å². The Bertz CT molecular complexity index is 964. The molecule has 1 aliphatic rings. The normalized spacial score (nSPS) is 15.1. The highest BCUT2D eigenvalue weighted by Crippen LogP contribution is 2.13. The molecule has 1 aliphatic heterocycles. The number of rotatable bonds is 7. The van der Waals surface area contributed by atoms with Crippen LogP contribution in [-0.4, -0.2) is 59.0 Å². The predicted octanol–water partition coefficient (Wildman–Crippen LogP) is 1.96. The molecule has 8 heteroatoms. The highest BCUT2D eigenvalue weighted by atomic mass is 16.5. The van der Waals surface area contributed by atoms with Gasteiger partial charge in [0, 0.05) is 39.8 Å². The van der Waals surface area contributed by atoms with Crippen LogP contribution in [0.15, 0.2) is 66.2 Å². The van der Waals surface area contributed by atoms with Gasteiger partial charge in [-0.25, -0.2) is 9.67 Å². The molecule has 0 bridgehead atoms. The second-order valence-electron chi connectivity index (χ2n) is 7.44. The number of guanidine groups is 1. The summed E-state index contributed by atoms with van der Waals surface area (Å²) in [7, 11) is 1.79. The van der Waals surface area contributed by atoms with Gasteiger partial charge in [-0.2, -0.15) is 5.10 Å². The summed E-state index contributed by atoms with van der Waals surface area (Å²) >= 11 is 0. The molecule has 3 aromatic rings. The lowest BCUT2D eigenvalue weighted by Gasteiger charge is -2.27. The minimum Gasteiger partial charge on any atom is -0.379 e. The molecule has 31 heavy (non-hydrogen) atoms. The van der Waals surface area contributed by atoms with Gasteiger partial charge in [-0.05, 0) is 28.8 Å². The molecule has 2 aromatic carbocycles. The molecule has 1 aromatic heterocycles. The first kappa shape index (κ1) is 21.0. The molecule has 0 amide bonds. The van der Waals surface area contributed by atoms with Crippen LogP contribution >= 0.6 is 0 Å². The van der Waals surface area contributed by atoms with Gasteiger partial charge in [0.25, 0.3) is 0 Å². The predicted molar refractivity (Wildman–Crippen MR) is 121 cm³/mol. The standard InChI is InChI=1S/C23H29N7O/c1-24-23(26-14-19-6-8-22(9-7-19)30-18-25-17-28-30)27-15-20-4-2-3-5-21(20)16-29-10-12-31-13-11-29/h2-9,17-18H,10-16H2,1H3,(H2,24,26,27). The van der Waals surface area contributed by atoms with Gasteiger partial charge in [-0.1, -0.05) is 36.4 Å². The fraction of sp³-hybridized carbons (Fsp3) is 0.348. The quantitative estimate of drug-likeness (QED) is 0.450. The van der Waals surface area contributed by atoms with Crippen LogP contribution in [0, 0.1) is 0 Å². The second-order valence-corrected chi connectivity index (χ2v) is 7.44. The van der Waals surface area contributed by atoms with Gasteiger partial charge in [0.15, 0.2) is 5.96 Å². The molecule has 1 fully saturated rings. The Morgan fingerprint density at radius 2 is 1.74 bits per heavy atom. The highest BCUT2D eigenvalue weighted by molar-refractivity contribution is 5.79. The summed E-state index contributed by atoms with van der Waals surface area (Å²) < 4.78 is 7.21. The largest absolute Gasteiger partial charge is 0.379 e. The van der Waals surface area contributed by atoms with Gasteiger partial charge in [0.05, 0.1) is 18.9 Å². The van der Waals surface area contributed by atoms with E-state index in [0.717, 1.165) is 51.0 Å². The smallest absolute Gasteiger partial charge is 0.191 e.